The Morgan fingerprint density at radius 1 is 1.46 bits per heavy atom. The van der Waals surface area contributed by atoms with Gasteiger partial charge in [-0.05, 0) is 44.6 Å². The second kappa shape index (κ2) is 3.27. The monoisotopic (exact) mass is 181 g/mol. The lowest BCUT2D eigenvalue weighted by atomic mass is 10.0. The third-order valence-electron chi connectivity index (χ3n) is 4.14. The van der Waals surface area contributed by atoms with Gasteiger partial charge in [0, 0.05) is 12.6 Å². The number of rotatable bonds is 3. The van der Waals surface area contributed by atoms with Gasteiger partial charge in [0.15, 0.2) is 0 Å². The average molecular weight is 181 g/mol. The normalized spacial score (nSPS) is 39.2. The minimum Gasteiger partial charge on any atom is -0.300 e. The largest absolute Gasteiger partial charge is 0.300 e. The zero-order valence-corrected chi connectivity index (χ0v) is 9.34. The van der Waals surface area contributed by atoms with Gasteiger partial charge in [0.05, 0.1) is 0 Å². The molecule has 1 aliphatic heterocycles. The summed E-state index contributed by atoms with van der Waals surface area (Å²) in [5, 5.41) is 0. The van der Waals surface area contributed by atoms with Gasteiger partial charge < -0.3 is 4.90 Å². The molecule has 1 saturated carbocycles. The Kier molecular flexibility index (Phi) is 2.39. The lowest BCUT2D eigenvalue weighted by molar-refractivity contribution is 0.257. The van der Waals surface area contributed by atoms with E-state index in [0.29, 0.717) is 0 Å². The summed E-state index contributed by atoms with van der Waals surface area (Å²) in [7, 11) is 0. The summed E-state index contributed by atoms with van der Waals surface area (Å²) in [6, 6.07) is 0.766. The zero-order chi connectivity index (χ0) is 9.47. The van der Waals surface area contributed by atoms with E-state index in [0.717, 1.165) is 17.4 Å². The minimum atomic E-state index is 0.766. The van der Waals surface area contributed by atoms with Crippen LogP contribution in [0, 0.1) is 11.3 Å². The van der Waals surface area contributed by atoms with Crippen molar-refractivity contribution in [2.75, 3.05) is 13.1 Å². The molecule has 76 valence electrons. The van der Waals surface area contributed by atoms with Gasteiger partial charge in [0.2, 0.25) is 0 Å². The van der Waals surface area contributed by atoms with Gasteiger partial charge >= 0.3 is 0 Å². The minimum absolute atomic E-state index is 0.766. The van der Waals surface area contributed by atoms with Crippen molar-refractivity contribution >= 4 is 0 Å². The van der Waals surface area contributed by atoms with E-state index < -0.39 is 0 Å². The Morgan fingerprint density at radius 3 is 2.77 bits per heavy atom. The molecule has 0 bridgehead atoms. The Balaban J connectivity index is 1.86. The molecule has 2 fully saturated rings. The molecule has 1 heterocycles. The van der Waals surface area contributed by atoms with Crippen molar-refractivity contribution in [2.24, 2.45) is 11.3 Å². The molecule has 1 aliphatic carbocycles. The summed E-state index contributed by atoms with van der Waals surface area (Å²) in [4.78, 5) is 2.66. The predicted molar refractivity (Wildman–Crippen MR) is 56.8 cm³/mol. The molecule has 0 radical (unpaired) electrons. The highest BCUT2D eigenvalue weighted by Crippen LogP contribution is 2.60. The summed E-state index contributed by atoms with van der Waals surface area (Å²) in [5.74, 6) is 1.08. The van der Waals surface area contributed by atoms with E-state index in [1.807, 2.05) is 0 Å². The fourth-order valence-corrected chi connectivity index (χ4v) is 3.06. The van der Waals surface area contributed by atoms with Crippen LogP contribution >= 0.6 is 0 Å². The first-order valence-electron chi connectivity index (χ1n) is 5.92. The molecule has 0 amide bonds. The molecule has 2 atom stereocenters. The SMILES string of the molecule is CCCC1CC12CCN(C(C)C)C2. The number of likely N-dealkylation sites (tertiary alicyclic amines) is 1. The smallest absolute Gasteiger partial charge is 0.00439 e. The highest BCUT2D eigenvalue weighted by molar-refractivity contribution is 5.07. The van der Waals surface area contributed by atoms with Crippen molar-refractivity contribution < 1.29 is 0 Å². The summed E-state index contributed by atoms with van der Waals surface area (Å²) >= 11 is 0. The van der Waals surface area contributed by atoms with E-state index >= 15 is 0 Å². The highest BCUT2D eigenvalue weighted by atomic mass is 15.2. The van der Waals surface area contributed by atoms with Crippen molar-refractivity contribution in [2.45, 2.75) is 52.5 Å². The van der Waals surface area contributed by atoms with Crippen molar-refractivity contribution in [3.05, 3.63) is 0 Å². The van der Waals surface area contributed by atoms with Crippen LogP contribution in [0.25, 0.3) is 0 Å². The average Bonchev–Trinajstić information content (AvgIpc) is 2.58. The van der Waals surface area contributed by atoms with Crippen LogP contribution in [-0.2, 0) is 0 Å². The fraction of sp³-hybridized carbons (Fsp3) is 1.00. The molecule has 1 heteroatoms. The quantitative estimate of drug-likeness (QED) is 0.647. The molecular formula is C12H23N. The topological polar surface area (TPSA) is 3.24 Å². The maximum atomic E-state index is 2.66. The van der Waals surface area contributed by atoms with Gasteiger partial charge in [-0.15, -0.1) is 0 Å². The zero-order valence-electron chi connectivity index (χ0n) is 9.34. The molecule has 0 aromatic rings. The maximum Gasteiger partial charge on any atom is 0.00439 e. The molecule has 2 unspecified atom stereocenters. The first-order valence-corrected chi connectivity index (χ1v) is 5.92. The van der Waals surface area contributed by atoms with Crippen molar-refractivity contribution in [1.82, 2.24) is 4.90 Å². The molecule has 2 aliphatic rings. The third kappa shape index (κ3) is 1.63. The van der Waals surface area contributed by atoms with E-state index in [2.05, 4.69) is 25.7 Å². The van der Waals surface area contributed by atoms with Crippen LogP contribution in [0.2, 0.25) is 0 Å². The van der Waals surface area contributed by atoms with Crippen LogP contribution in [0.5, 0.6) is 0 Å². The van der Waals surface area contributed by atoms with E-state index in [4.69, 9.17) is 0 Å². The van der Waals surface area contributed by atoms with Crippen LogP contribution in [0.15, 0.2) is 0 Å². The second-order valence-electron chi connectivity index (χ2n) is 5.37. The van der Waals surface area contributed by atoms with E-state index in [9.17, 15) is 0 Å². The van der Waals surface area contributed by atoms with Crippen LogP contribution in [-0.4, -0.2) is 24.0 Å². The molecule has 13 heavy (non-hydrogen) atoms. The molecule has 2 rings (SSSR count). The molecule has 1 spiro atoms. The van der Waals surface area contributed by atoms with Gasteiger partial charge in [-0.2, -0.15) is 0 Å². The van der Waals surface area contributed by atoms with Gasteiger partial charge in [-0.25, -0.2) is 0 Å². The first-order chi connectivity index (χ1) is 6.18. The van der Waals surface area contributed by atoms with Crippen molar-refractivity contribution in [1.29, 1.82) is 0 Å². The summed E-state index contributed by atoms with van der Waals surface area (Å²) < 4.78 is 0. The number of hydrogen-bond acceptors (Lipinski definition) is 1. The Morgan fingerprint density at radius 2 is 2.23 bits per heavy atom. The Labute approximate surface area is 82.5 Å². The highest BCUT2D eigenvalue weighted by Gasteiger charge is 2.56. The lowest BCUT2D eigenvalue weighted by Gasteiger charge is -2.20. The van der Waals surface area contributed by atoms with Gasteiger partial charge in [0.1, 0.15) is 0 Å². The standard InChI is InChI=1S/C12H23N/c1-4-5-11-8-12(11)6-7-13(9-12)10(2)3/h10-11H,4-9H2,1-3H3. The van der Waals surface area contributed by atoms with Crippen molar-refractivity contribution in [3.8, 4) is 0 Å². The van der Waals surface area contributed by atoms with E-state index in [1.54, 1.807) is 0 Å². The molecule has 0 aromatic carbocycles. The van der Waals surface area contributed by atoms with E-state index in [-0.39, 0.29) is 0 Å². The fourth-order valence-electron chi connectivity index (χ4n) is 3.06. The van der Waals surface area contributed by atoms with Crippen LogP contribution in [0.4, 0.5) is 0 Å². The van der Waals surface area contributed by atoms with Crippen LogP contribution in [0.3, 0.4) is 0 Å². The summed E-state index contributed by atoms with van der Waals surface area (Å²) in [6.45, 7) is 9.74. The predicted octanol–water partition coefficient (Wildman–Crippen LogP) is 2.91. The van der Waals surface area contributed by atoms with Crippen LogP contribution < -0.4 is 0 Å². The molecule has 0 N–H and O–H groups in total. The van der Waals surface area contributed by atoms with Crippen molar-refractivity contribution in [3.63, 3.8) is 0 Å². The summed E-state index contributed by atoms with van der Waals surface area (Å²) in [5.41, 5.74) is 0.792. The molecule has 1 nitrogen and oxygen atoms in total. The van der Waals surface area contributed by atoms with Gasteiger partial charge in [0.25, 0.3) is 0 Å². The van der Waals surface area contributed by atoms with Gasteiger partial charge in [-0.1, -0.05) is 19.8 Å². The molecule has 0 aromatic heterocycles. The van der Waals surface area contributed by atoms with Crippen LogP contribution in [0.1, 0.15) is 46.5 Å². The number of hydrogen-bond donors (Lipinski definition) is 0. The molecular weight excluding hydrogens is 158 g/mol. The Hall–Kier alpha value is -0.0400. The maximum absolute atomic E-state index is 2.66. The van der Waals surface area contributed by atoms with Gasteiger partial charge in [-0.3, -0.25) is 0 Å². The molecule has 1 saturated heterocycles. The summed E-state index contributed by atoms with van der Waals surface area (Å²) in [6.07, 6.45) is 5.87. The lowest BCUT2D eigenvalue weighted by Crippen LogP contribution is -2.28. The first kappa shape index (κ1) is 9.51. The third-order valence-corrected chi connectivity index (χ3v) is 4.14. The Bertz CT molecular complexity index is 188. The second-order valence-corrected chi connectivity index (χ2v) is 5.37. The van der Waals surface area contributed by atoms with E-state index in [1.165, 1.54) is 38.8 Å². The number of nitrogens with zero attached hydrogens (tertiary/aromatic N) is 1.